The van der Waals surface area contributed by atoms with Gasteiger partial charge in [-0.15, -0.1) is 0 Å². The summed E-state index contributed by atoms with van der Waals surface area (Å²) in [5.41, 5.74) is 3.06. The Morgan fingerprint density at radius 2 is 1.04 bits per heavy atom. The van der Waals surface area contributed by atoms with Crippen LogP contribution < -0.4 is 10.6 Å². The molecule has 1 saturated heterocycles. The van der Waals surface area contributed by atoms with E-state index in [4.69, 9.17) is 0 Å². The molecule has 0 saturated carbocycles. The summed E-state index contributed by atoms with van der Waals surface area (Å²) >= 11 is 0. The molecule has 0 bridgehead atoms. The normalized spacial score (nSPS) is 22.9. The van der Waals surface area contributed by atoms with Crippen molar-refractivity contribution in [2.24, 2.45) is 17.8 Å². The SMILES string of the molecule is C=C1CCCCCCCC(CCC)C(CCCC)CCCC(CCCCCCCC)CCC(=C)CCCCCCCN(CCCNC(=C)NC)CCCCCCC1. The van der Waals surface area contributed by atoms with Crippen molar-refractivity contribution in [2.45, 2.75) is 258 Å². The van der Waals surface area contributed by atoms with Gasteiger partial charge in [0.25, 0.3) is 0 Å². The first kappa shape index (κ1) is 53.8. The van der Waals surface area contributed by atoms with Crippen LogP contribution in [0.4, 0.5) is 0 Å². The number of nitrogens with one attached hydrogen (secondary N) is 2. The fourth-order valence-electron chi connectivity index (χ4n) is 9.80. The van der Waals surface area contributed by atoms with Gasteiger partial charge in [-0.2, -0.15) is 0 Å². The third kappa shape index (κ3) is 33.2. The first-order chi connectivity index (χ1) is 27.9. The number of allylic oxidation sites excluding steroid dienone is 2. The van der Waals surface area contributed by atoms with Gasteiger partial charge in [0, 0.05) is 13.6 Å². The van der Waals surface area contributed by atoms with Crippen LogP contribution in [-0.4, -0.2) is 38.1 Å². The Morgan fingerprint density at radius 3 is 1.65 bits per heavy atom. The molecule has 3 unspecified atom stereocenters. The van der Waals surface area contributed by atoms with Crippen molar-refractivity contribution in [1.29, 1.82) is 0 Å². The van der Waals surface area contributed by atoms with Crippen molar-refractivity contribution in [3.63, 3.8) is 0 Å². The van der Waals surface area contributed by atoms with Crippen molar-refractivity contribution in [3.05, 3.63) is 36.7 Å². The molecule has 1 rings (SSSR count). The Kier molecular flexibility index (Phi) is 37.9. The second-order valence-electron chi connectivity index (χ2n) is 19.0. The molecule has 2 N–H and O–H groups in total. The summed E-state index contributed by atoms with van der Waals surface area (Å²) in [5.74, 6) is 3.77. The molecular formula is C54H105N3. The van der Waals surface area contributed by atoms with E-state index in [1.807, 2.05) is 7.05 Å². The molecule has 0 aliphatic carbocycles. The van der Waals surface area contributed by atoms with E-state index in [2.05, 4.69) is 56.0 Å². The highest BCUT2D eigenvalue weighted by molar-refractivity contribution is 4.94. The largest absolute Gasteiger partial charge is 0.375 e. The highest BCUT2D eigenvalue weighted by atomic mass is 15.1. The van der Waals surface area contributed by atoms with Gasteiger partial charge in [0.2, 0.25) is 0 Å². The summed E-state index contributed by atoms with van der Waals surface area (Å²) in [5, 5.41) is 6.54. The fourth-order valence-corrected chi connectivity index (χ4v) is 9.80. The van der Waals surface area contributed by atoms with Gasteiger partial charge in [0.1, 0.15) is 0 Å². The lowest BCUT2D eigenvalue weighted by Gasteiger charge is -2.28. The van der Waals surface area contributed by atoms with Crippen LogP contribution in [0.1, 0.15) is 258 Å². The highest BCUT2D eigenvalue weighted by Gasteiger charge is 2.21. The van der Waals surface area contributed by atoms with Crippen molar-refractivity contribution in [3.8, 4) is 0 Å². The van der Waals surface area contributed by atoms with E-state index in [1.165, 1.54) is 263 Å². The van der Waals surface area contributed by atoms with Gasteiger partial charge in [-0.1, -0.05) is 219 Å². The standard InChI is InChI=1S/C54H105N3/c1-8-11-13-14-21-28-38-52-39-32-42-54(40-12-9-2)53(34-10-3)41-29-22-15-18-25-35-49(4)36-26-19-16-23-30-46-57(48-33-45-56-51(6)55-7)47-31-24-17-20-27-37-50(5)43-44-52/h52-56H,4-6,8-48H2,1-3,7H3. The zero-order valence-corrected chi connectivity index (χ0v) is 39.8. The Labute approximate surface area is 360 Å². The van der Waals surface area contributed by atoms with E-state index < -0.39 is 0 Å². The van der Waals surface area contributed by atoms with Crippen molar-refractivity contribution in [2.75, 3.05) is 33.2 Å². The molecule has 0 radical (unpaired) electrons. The van der Waals surface area contributed by atoms with Crippen LogP contribution in [0.3, 0.4) is 0 Å². The number of hydrogen-bond acceptors (Lipinski definition) is 3. The topological polar surface area (TPSA) is 27.3 Å². The fraction of sp³-hybridized carbons (Fsp3) is 0.889. The average Bonchev–Trinajstić information content (AvgIpc) is 3.21. The second kappa shape index (κ2) is 40.2. The molecule has 0 spiro atoms. The summed E-state index contributed by atoms with van der Waals surface area (Å²) in [6.45, 7) is 25.1. The monoisotopic (exact) mass is 796 g/mol. The number of rotatable bonds is 18. The van der Waals surface area contributed by atoms with Crippen LogP contribution in [0.5, 0.6) is 0 Å². The number of unbranched alkanes of at least 4 members (excludes halogenated alkanes) is 6. The third-order valence-electron chi connectivity index (χ3n) is 13.7. The maximum absolute atomic E-state index is 4.63. The molecular weight excluding hydrogens is 691 g/mol. The van der Waals surface area contributed by atoms with Crippen molar-refractivity contribution in [1.82, 2.24) is 15.5 Å². The summed E-state index contributed by atoms with van der Waals surface area (Å²) in [6, 6.07) is 0. The van der Waals surface area contributed by atoms with Crippen LogP contribution in [0.2, 0.25) is 0 Å². The maximum atomic E-state index is 4.63. The lowest BCUT2D eigenvalue weighted by atomic mass is 9.77. The molecule has 336 valence electrons. The molecule has 3 atom stereocenters. The van der Waals surface area contributed by atoms with Gasteiger partial charge in [-0.25, -0.2) is 0 Å². The van der Waals surface area contributed by atoms with Gasteiger partial charge < -0.3 is 15.5 Å². The molecule has 3 heteroatoms. The Balaban J connectivity index is 2.80. The third-order valence-corrected chi connectivity index (χ3v) is 13.7. The van der Waals surface area contributed by atoms with Crippen LogP contribution in [0.15, 0.2) is 36.7 Å². The van der Waals surface area contributed by atoms with E-state index >= 15 is 0 Å². The van der Waals surface area contributed by atoms with Crippen LogP contribution in [0.25, 0.3) is 0 Å². The zero-order chi connectivity index (χ0) is 41.4. The Bertz CT molecular complexity index is 909. The smallest absolute Gasteiger partial charge is 0.0909 e. The Hall–Kier alpha value is -1.22. The van der Waals surface area contributed by atoms with E-state index in [1.54, 1.807) is 5.57 Å². The maximum Gasteiger partial charge on any atom is 0.0909 e. The van der Waals surface area contributed by atoms with Crippen LogP contribution in [-0.2, 0) is 0 Å². The molecule has 0 aromatic heterocycles. The summed E-state index contributed by atoms with van der Waals surface area (Å²) in [6.07, 6.45) is 51.4. The highest BCUT2D eigenvalue weighted by Crippen LogP contribution is 2.34. The second-order valence-corrected chi connectivity index (χ2v) is 19.0. The molecule has 57 heavy (non-hydrogen) atoms. The minimum absolute atomic E-state index is 0.912. The molecule has 1 fully saturated rings. The molecule has 1 heterocycles. The molecule has 3 nitrogen and oxygen atoms in total. The van der Waals surface area contributed by atoms with Crippen LogP contribution >= 0.6 is 0 Å². The van der Waals surface area contributed by atoms with E-state index in [-0.39, 0.29) is 0 Å². The van der Waals surface area contributed by atoms with Gasteiger partial charge in [0.15, 0.2) is 0 Å². The van der Waals surface area contributed by atoms with Gasteiger partial charge in [-0.3, -0.25) is 0 Å². The van der Waals surface area contributed by atoms with Gasteiger partial charge >= 0.3 is 0 Å². The van der Waals surface area contributed by atoms with E-state index in [0.29, 0.717) is 0 Å². The lowest BCUT2D eigenvalue weighted by molar-refractivity contribution is 0.235. The minimum atomic E-state index is 0.912. The number of hydrogen-bond donors (Lipinski definition) is 2. The molecule has 0 aromatic rings. The van der Waals surface area contributed by atoms with E-state index in [9.17, 15) is 0 Å². The van der Waals surface area contributed by atoms with Crippen molar-refractivity contribution < 1.29 is 0 Å². The van der Waals surface area contributed by atoms with E-state index in [0.717, 1.165) is 30.1 Å². The molecule has 0 amide bonds. The first-order valence-corrected chi connectivity index (χ1v) is 26.1. The summed E-state index contributed by atoms with van der Waals surface area (Å²) in [4.78, 5) is 2.76. The average molecular weight is 796 g/mol. The first-order valence-electron chi connectivity index (χ1n) is 26.1. The zero-order valence-electron chi connectivity index (χ0n) is 39.8. The summed E-state index contributed by atoms with van der Waals surface area (Å²) < 4.78 is 0. The molecule has 1 aliphatic rings. The predicted molar refractivity (Wildman–Crippen MR) is 259 cm³/mol. The molecule has 1 aliphatic heterocycles. The predicted octanol–water partition coefficient (Wildman–Crippen LogP) is 17.0. The quantitative estimate of drug-likeness (QED) is 0.107. The number of nitrogens with zero attached hydrogens (tertiary/aromatic N) is 1. The van der Waals surface area contributed by atoms with Gasteiger partial charge in [-0.05, 0) is 108 Å². The van der Waals surface area contributed by atoms with Crippen LogP contribution in [0, 0.1) is 17.8 Å². The van der Waals surface area contributed by atoms with Crippen molar-refractivity contribution >= 4 is 0 Å². The van der Waals surface area contributed by atoms with Gasteiger partial charge in [0.05, 0.1) is 5.82 Å². The minimum Gasteiger partial charge on any atom is -0.375 e. The Morgan fingerprint density at radius 1 is 0.509 bits per heavy atom. The lowest BCUT2D eigenvalue weighted by Crippen LogP contribution is -2.30. The summed E-state index contributed by atoms with van der Waals surface area (Å²) in [7, 11) is 1.94. The molecule has 0 aromatic carbocycles.